The van der Waals surface area contributed by atoms with Crippen LogP contribution in [0.2, 0.25) is 0 Å². The molecule has 0 aromatic heterocycles. The van der Waals surface area contributed by atoms with Crippen LogP contribution in [0.4, 0.5) is 5.69 Å². The lowest BCUT2D eigenvalue weighted by atomic mass is 9.87. The van der Waals surface area contributed by atoms with Gasteiger partial charge in [0.05, 0.1) is 12.5 Å². The molecule has 2 amide bonds. The van der Waals surface area contributed by atoms with Crippen LogP contribution in [0.3, 0.4) is 0 Å². The van der Waals surface area contributed by atoms with Gasteiger partial charge in [-0.25, -0.2) is 0 Å². The lowest BCUT2D eigenvalue weighted by molar-refractivity contribution is -0.120. The number of anilines is 1. The Morgan fingerprint density at radius 3 is 2.24 bits per heavy atom. The Morgan fingerprint density at radius 1 is 1.19 bits per heavy atom. The Hall–Kier alpha value is -1.88. The maximum Gasteiger partial charge on any atom is 0.241 e. The first-order valence-corrected chi connectivity index (χ1v) is 7.16. The van der Waals surface area contributed by atoms with Crippen LogP contribution in [0.25, 0.3) is 0 Å². The monoisotopic (exact) mass is 291 g/mol. The molecule has 5 nitrogen and oxygen atoms in total. The molecule has 116 valence electrons. The van der Waals surface area contributed by atoms with E-state index in [1.54, 1.807) is 12.1 Å². The molecule has 0 aliphatic rings. The number of nitrogens with one attached hydrogen (secondary N) is 2. The average Bonchev–Trinajstić information content (AvgIpc) is 2.39. The van der Waals surface area contributed by atoms with E-state index in [2.05, 4.69) is 10.6 Å². The molecule has 0 aliphatic heterocycles. The molecule has 0 bridgehead atoms. The number of benzene rings is 1. The van der Waals surface area contributed by atoms with Crippen LogP contribution in [-0.2, 0) is 16.0 Å². The molecule has 0 radical (unpaired) electrons. The first-order chi connectivity index (χ1) is 9.74. The molecular formula is C16H25N3O2. The summed E-state index contributed by atoms with van der Waals surface area (Å²) in [6.07, 6.45) is 0.337. The summed E-state index contributed by atoms with van der Waals surface area (Å²) in [7, 11) is 0. The van der Waals surface area contributed by atoms with Gasteiger partial charge in [-0.1, -0.05) is 32.9 Å². The van der Waals surface area contributed by atoms with Crippen molar-refractivity contribution in [3.63, 3.8) is 0 Å². The van der Waals surface area contributed by atoms with Gasteiger partial charge in [0, 0.05) is 12.2 Å². The highest BCUT2D eigenvalue weighted by Crippen LogP contribution is 2.19. The number of amides is 2. The maximum absolute atomic E-state index is 12.0. The maximum atomic E-state index is 12.0. The van der Waals surface area contributed by atoms with Gasteiger partial charge < -0.3 is 16.4 Å². The van der Waals surface area contributed by atoms with Crippen molar-refractivity contribution in [3.05, 3.63) is 29.8 Å². The topological polar surface area (TPSA) is 84.2 Å². The minimum atomic E-state index is -0.576. The molecule has 0 aliphatic carbocycles. The van der Waals surface area contributed by atoms with E-state index in [0.717, 1.165) is 5.56 Å². The molecule has 21 heavy (non-hydrogen) atoms. The number of carbonyl (C=O) groups is 2. The van der Waals surface area contributed by atoms with Gasteiger partial charge in [-0.15, -0.1) is 0 Å². The zero-order valence-corrected chi connectivity index (χ0v) is 13.2. The number of nitrogens with two attached hydrogens (primary N) is 1. The predicted octanol–water partition coefficient (Wildman–Crippen LogP) is 1.68. The van der Waals surface area contributed by atoms with Crippen molar-refractivity contribution in [1.82, 2.24) is 5.32 Å². The van der Waals surface area contributed by atoms with Crippen molar-refractivity contribution in [2.45, 2.75) is 40.2 Å². The summed E-state index contributed by atoms with van der Waals surface area (Å²) in [6, 6.07) is 6.64. The third kappa shape index (κ3) is 5.55. The molecule has 0 heterocycles. The molecular weight excluding hydrogens is 266 g/mol. The van der Waals surface area contributed by atoms with Crippen molar-refractivity contribution in [2.75, 3.05) is 11.9 Å². The molecule has 4 N–H and O–H groups in total. The minimum Gasteiger partial charge on any atom is -0.356 e. The lowest BCUT2D eigenvalue weighted by Crippen LogP contribution is -2.45. The zero-order valence-electron chi connectivity index (χ0n) is 13.2. The molecule has 5 heteroatoms. The van der Waals surface area contributed by atoms with Gasteiger partial charge in [0.2, 0.25) is 11.8 Å². The van der Waals surface area contributed by atoms with E-state index < -0.39 is 6.04 Å². The summed E-state index contributed by atoms with van der Waals surface area (Å²) in [5, 5.41) is 5.54. The van der Waals surface area contributed by atoms with Crippen LogP contribution in [-0.4, -0.2) is 24.4 Å². The van der Waals surface area contributed by atoms with Crippen LogP contribution < -0.4 is 16.4 Å². The SMILES string of the molecule is CCNC(=O)Cc1ccc(NC(=O)[C@@H](N)C(C)(C)C)cc1. The van der Waals surface area contributed by atoms with Crippen molar-refractivity contribution in [1.29, 1.82) is 0 Å². The Bertz CT molecular complexity index is 489. The summed E-state index contributed by atoms with van der Waals surface area (Å²) < 4.78 is 0. The van der Waals surface area contributed by atoms with Gasteiger partial charge in [-0.2, -0.15) is 0 Å². The lowest BCUT2D eigenvalue weighted by Gasteiger charge is -2.25. The Balaban J connectivity index is 2.63. The summed E-state index contributed by atoms with van der Waals surface area (Å²) in [5.74, 6) is -0.219. The minimum absolute atomic E-state index is 0.0101. The molecule has 0 saturated carbocycles. The molecule has 0 saturated heterocycles. The molecule has 1 aromatic rings. The first-order valence-electron chi connectivity index (χ1n) is 7.16. The quantitative estimate of drug-likeness (QED) is 0.771. The largest absolute Gasteiger partial charge is 0.356 e. The fraction of sp³-hybridized carbons (Fsp3) is 0.500. The van der Waals surface area contributed by atoms with Gasteiger partial charge in [0.25, 0.3) is 0 Å². The third-order valence-electron chi connectivity index (χ3n) is 3.18. The highest BCUT2D eigenvalue weighted by molar-refractivity contribution is 5.95. The van der Waals surface area contributed by atoms with Gasteiger partial charge >= 0.3 is 0 Å². The summed E-state index contributed by atoms with van der Waals surface area (Å²) in [5.41, 5.74) is 7.20. The standard InChI is InChI=1S/C16H25N3O2/c1-5-18-13(20)10-11-6-8-12(9-7-11)19-15(21)14(17)16(2,3)4/h6-9,14H,5,10,17H2,1-4H3,(H,18,20)(H,19,21)/t14-/m1/s1. The van der Waals surface area contributed by atoms with Gasteiger partial charge in [0.15, 0.2) is 0 Å². The number of hydrogen-bond acceptors (Lipinski definition) is 3. The van der Waals surface area contributed by atoms with Crippen LogP contribution in [0.5, 0.6) is 0 Å². The fourth-order valence-electron chi connectivity index (χ4n) is 1.76. The smallest absolute Gasteiger partial charge is 0.241 e. The summed E-state index contributed by atoms with van der Waals surface area (Å²) in [6.45, 7) is 8.28. The zero-order chi connectivity index (χ0) is 16.0. The first kappa shape index (κ1) is 17.2. The summed E-state index contributed by atoms with van der Waals surface area (Å²) in [4.78, 5) is 23.5. The second kappa shape index (κ2) is 7.22. The molecule has 1 aromatic carbocycles. The van der Waals surface area contributed by atoms with Crippen molar-refractivity contribution in [2.24, 2.45) is 11.1 Å². The van der Waals surface area contributed by atoms with Gasteiger partial charge in [-0.3, -0.25) is 9.59 Å². The van der Waals surface area contributed by atoms with Gasteiger partial charge in [-0.05, 0) is 30.0 Å². The Morgan fingerprint density at radius 2 is 1.76 bits per heavy atom. The van der Waals surface area contributed by atoms with E-state index in [1.807, 2.05) is 39.8 Å². The van der Waals surface area contributed by atoms with E-state index in [4.69, 9.17) is 5.73 Å². The van der Waals surface area contributed by atoms with Crippen LogP contribution in [0.15, 0.2) is 24.3 Å². The Kier molecular flexibility index (Phi) is 5.90. The van der Waals surface area contributed by atoms with Crippen molar-refractivity contribution in [3.8, 4) is 0 Å². The number of carbonyl (C=O) groups excluding carboxylic acids is 2. The van der Waals surface area contributed by atoms with E-state index in [0.29, 0.717) is 18.7 Å². The van der Waals surface area contributed by atoms with Crippen molar-refractivity contribution < 1.29 is 9.59 Å². The molecule has 0 spiro atoms. The second-order valence-electron chi connectivity index (χ2n) is 6.16. The van der Waals surface area contributed by atoms with Crippen LogP contribution >= 0.6 is 0 Å². The van der Waals surface area contributed by atoms with E-state index in [-0.39, 0.29) is 17.2 Å². The van der Waals surface area contributed by atoms with Crippen LogP contribution in [0, 0.1) is 5.41 Å². The average molecular weight is 291 g/mol. The van der Waals surface area contributed by atoms with Crippen molar-refractivity contribution >= 4 is 17.5 Å². The summed E-state index contributed by atoms with van der Waals surface area (Å²) >= 11 is 0. The second-order valence-corrected chi connectivity index (χ2v) is 6.16. The van der Waals surface area contributed by atoms with Crippen LogP contribution in [0.1, 0.15) is 33.3 Å². The third-order valence-corrected chi connectivity index (χ3v) is 3.18. The van der Waals surface area contributed by atoms with E-state index >= 15 is 0 Å². The highest BCUT2D eigenvalue weighted by Gasteiger charge is 2.27. The van der Waals surface area contributed by atoms with E-state index in [1.165, 1.54) is 0 Å². The number of rotatable bonds is 5. The van der Waals surface area contributed by atoms with E-state index in [9.17, 15) is 9.59 Å². The Labute approximate surface area is 126 Å². The molecule has 1 rings (SSSR count). The number of hydrogen-bond donors (Lipinski definition) is 3. The molecule has 0 fully saturated rings. The van der Waals surface area contributed by atoms with Gasteiger partial charge in [0.1, 0.15) is 0 Å². The molecule has 0 unspecified atom stereocenters. The molecule has 1 atom stereocenters. The fourth-order valence-corrected chi connectivity index (χ4v) is 1.76. The predicted molar refractivity (Wildman–Crippen MR) is 84.9 cm³/mol. The number of likely N-dealkylation sites (N-methyl/N-ethyl adjacent to an activating group) is 1. The normalized spacial score (nSPS) is 12.6. The highest BCUT2D eigenvalue weighted by atomic mass is 16.2.